The topological polar surface area (TPSA) is 99.7 Å². The molecule has 0 unspecified atom stereocenters. The number of rotatable bonds is 6. The van der Waals surface area contributed by atoms with Gasteiger partial charge in [0.2, 0.25) is 11.5 Å². The minimum Gasteiger partial charge on any atom is -0.449 e. The van der Waals surface area contributed by atoms with Crippen LogP contribution in [-0.2, 0) is 4.74 Å². The van der Waals surface area contributed by atoms with E-state index in [9.17, 15) is 19.7 Å². The summed E-state index contributed by atoms with van der Waals surface area (Å²) in [6, 6.07) is 14.1. The first-order valence-electron chi connectivity index (χ1n) is 8.93. The molecule has 0 saturated carbocycles. The number of hydrogen-bond donors (Lipinski definition) is 0. The first kappa shape index (κ1) is 20.0. The summed E-state index contributed by atoms with van der Waals surface area (Å²) in [5, 5.41) is 10.7. The Morgan fingerprint density at radius 3 is 2.31 bits per heavy atom. The van der Waals surface area contributed by atoms with Crippen LogP contribution in [0, 0.1) is 24.0 Å². The van der Waals surface area contributed by atoms with E-state index in [1.165, 1.54) is 37.3 Å². The second-order valence-corrected chi connectivity index (χ2v) is 6.68. The smallest absolute Gasteiger partial charge is 0.374 e. The summed E-state index contributed by atoms with van der Waals surface area (Å²) in [5.41, 5.74) is 3.06. The minimum atomic E-state index is -0.975. The standard InChI is InChI=1S/C22H19NO6/c1-13-4-5-17(12-14(13)2)21(24)15(3)28-22(25)20-11-10-19(29-20)16-6-8-18(9-7-16)23(26)27/h4-12,15H,1-3H3/t15-/m1/s1. The number of non-ortho nitro benzene ring substituents is 1. The fourth-order valence-corrected chi connectivity index (χ4v) is 2.75. The molecule has 0 radical (unpaired) electrons. The number of nitro groups is 1. The molecule has 29 heavy (non-hydrogen) atoms. The highest BCUT2D eigenvalue weighted by molar-refractivity contribution is 6.01. The summed E-state index contributed by atoms with van der Waals surface area (Å²) in [6.45, 7) is 5.37. The first-order valence-corrected chi connectivity index (χ1v) is 8.93. The lowest BCUT2D eigenvalue weighted by molar-refractivity contribution is -0.384. The molecule has 0 bridgehead atoms. The Balaban J connectivity index is 1.70. The largest absolute Gasteiger partial charge is 0.449 e. The zero-order chi connectivity index (χ0) is 21.1. The van der Waals surface area contributed by atoms with Gasteiger partial charge in [0, 0.05) is 23.3 Å². The number of ether oxygens (including phenoxy) is 1. The second-order valence-electron chi connectivity index (χ2n) is 6.68. The third kappa shape index (κ3) is 4.40. The number of hydrogen-bond acceptors (Lipinski definition) is 6. The SMILES string of the molecule is Cc1ccc(C(=O)[C@@H](C)OC(=O)c2ccc(-c3ccc([N+](=O)[O-])cc3)o2)cc1C. The molecular weight excluding hydrogens is 374 g/mol. The summed E-state index contributed by atoms with van der Waals surface area (Å²) in [4.78, 5) is 35.1. The summed E-state index contributed by atoms with van der Waals surface area (Å²) >= 11 is 0. The van der Waals surface area contributed by atoms with Gasteiger partial charge in [0.05, 0.1) is 4.92 Å². The van der Waals surface area contributed by atoms with Crippen molar-refractivity contribution < 1.29 is 23.7 Å². The van der Waals surface area contributed by atoms with Gasteiger partial charge in [-0.25, -0.2) is 4.79 Å². The number of ketones is 1. The Hall–Kier alpha value is -3.74. The van der Waals surface area contributed by atoms with Gasteiger partial charge in [-0.3, -0.25) is 14.9 Å². The second kappa shape index (κ2) is 8.10. The normalized spacial score (nSPS) is 11.7. The van der Waals surface area contributed by atoms with E-state index in [0.717, 1.165) is 11.1 Å². The molecule has 148 valence electrons. The average Bonchev–Trinajstić information content (AvgIpc) is 3.20. The summed E-state index contributed by atoms with van der Waals surface area (Å²) in [7, 11) is 0. The van der Waals surface area contributed by atoms with Crippen molar-refractivity contribution >= 4 is 17.4 Å². The van der Waals surface area contributed by atoms with Crippen molar-refractivity contribution in [2.45, 2.75) is 26.9 Å². The van der Waals surface area contributed by atoms with E-state index >= 15 is 0 Å². The number of carbonyl (C=O) groups is 2. The van der Waals surface area contributed by atoms with Crippen LogP contribution < -0.4 is 0 Å². The molecule has 0 spiro atoms. The summed E-state index contributed by atoms with van der Waals surface area (Å²) in [5.74, 6) is -0.760. The zero-order valence-electron chi connectivity index (χ0n) is 16.2. The fraction of sp³-hybridized carbons (Fsp3) is 0.182. The van der Waals surface area contributed by atoms with Crippen LogP contribution in [0.1, 0.15) is 39.0 Å². The highest BCUT2D eigenvalue weighted by Crippen LogP contribution is 2.25. The molecule has 0 aliphatic carbocycles. The van der Waals surface area contributed by atoms with E-state index in [1.54, 1.807) is 18.2 Å². The number of nitro benzene ring substituents is 1. The monoisotopic (exact) mass is 393 g/mol. The van der Waals surface area contributed by atoms with E-state index < -0.39 is 17.0 Å². The third-order valence-electron chi connectivity index (χ3n) is 4.61. The molecule has 0 amide bonds. The van der Waals surface area contributed by atoms with E-state index in [2.05, 4.69) is 0 Å². The molecule has 0 aliphatic heterocycles. The van der Waals surface area contributed by atoms with Gasteiger partial charge in [-0.2, -0.15) is 0 Å². The molecule has 0 aliphatic rings. The van der Waals surface area contributed by atoms with E-state index in [-0.39, 0.29) is 17.2 Å². The Bertz CT molecular complexity index is 1080. The molecule has 3 rings (SSSR count). The van der Waals surface area contributed by atoms with E-state index in [0.29, 0.717) is 16.9 Å². The van der Waals surface area contributed by atoms with Crippen LogP contribution in [0.25, 0.3) is 11.3 Å². The Kier molecular flexibility index (Phi) is 5.59. The molecule has 3 aromatic rings. The summed E-state index contributed by atoms with van der Waals surface area (Å²) in [6.07, 6.45) is -0.975. The molecule has 2 aromatic carbocycles. The van der Waals surface area contributed by atoms with Crippen LogP contribution in [0.3, 0.4) is 0 Å². The quantitative estimate of drug-likeness (QED) is 0.256. The molecule has 1 heterocycles. The maximum atomic E-state index is 12.5. The van der Waals surface area contributed by atoms with Gasteiger partial charge in [0.25, 0.3) is 5.69 Å². The van der Waals surface area contributed by atoms with Crippen LogP contribution in [0.4, 0.5) is 5.69 Å². The number of carbonyl (C=O) groups excluding carboxylic acids is 2. The molecule has 7 heteroatoms. The molecule has 0 fully saturated rings. The lowest BCUT2D eigenvalue weighted by Gasteiger charge is -2.12. The number of aryl methyl sites for hydroxylation is 2. The molecular formula is C22H19NO6. The van der Waals surface area contributed by atoms with Crippen LogP contribution in [-0.4, -0.2) is 22.8 Å². The number of Topliss-reactive ketones (excluding diaryl/α,β-unsaturated/α-hetero) is 1. The average molecular weight is 393 g/mol. The minimum absolute atomic E-state index is 0.0429. The first-order chi connectivity index (χ1) is 13.8. The third-order valence-corrected chi connectivity index (χ3v) is 4.61. The number of benzene rings is 2. The van der Waals surface area contributed by atoms with Crippen molar-refractivity contribution in [3.8, 4) is 11.3 Å². The zero-order valence-corrected chi connectivity index (χ0v) is 16.2. The van der Waals surface area contributed by atoms with Gasteiger partial charge in [-0.1, -0.05) is 12.1 Å². The van der Waals surface area contributed by atoms with E-state index in [4.69, 9.17) is 9.15 Å². The Labute approximate surface area is 167 Å². The highest BCUT2D eigenvalue weighted by atomic mass is 16.6. The van der Waals surface area contributed by atoms with Crippen LogP contribution in [0.5, 0.6) is 0 Å². The van der Waals surface area contributed by atoms with Gasteiger partial charge in [0.15, 0.2) is 6.10 Å². The van der Waals surface area contributed by atoms with Gasteiger partial charge >= 0.3 is 5.97 Å². The van der Waals surface area contributed by atoms with Crippen molar-refractivity contribution in [1.29, 1.82) is 0 Å². The van der Waals surface area contributed by atoms with Crippen molar-refractivity contribution in [2.75, 3.05) is 0 Å². The predicted octanol–water partition coefficient (Wildman–Crippen LogP) is 4.90. The summed E-state index contributed by atoms with van der Waals surface area (Å²) < 4.78 is 10.7. The van der Waals surface area contributed by atoms with Crippen molar-refractivity contribution in [2.24, 2.45) is 0 Å². The lowest BCUT2D eigenvalue weighted by atomic mass is 10.0. The Morgan fingerprint density at radius 1 is 1.00 bits per heavy atom. The highest BCUT2D eigenvalue weighted by Gasteiger charge is 2.23. The van der Waals surface area contributed by atoms with Gasteiger partial charge in [0.1, 0.15) is 5.76 Å². The maximum Gasteiger partial charge on any atom is 0.374 e. The van der Waals surface area contributed by atoms with Gasteiger partial charge in [-0.15, -0.1) is 0 Å². The number of esters is 1. The van der Waals surface area contributed by atoms with Crippen molar-refractivity contribution in [3.05, 3.63) is 87.2 Å². The van der Waals surface area contributed by atoms with Gasteiger partial charge in [-0.05, 0) is 62.2 Å². The van der Waals surface area contributed by atoms with E-state index in [1.807, 2.05) is 19.9 Å². The molecule has 7 nitrogen and oxygen atoms in total. The van der Waals surface area contributed by atoms with Crippen LogP contribution in [0.2, 0.25) is 0 Å². The fourth-order valence-electron chi connectivity index (χ4n) is 2.75. The van der Waals surface area contributed by atoms with Crippen LogP contribution in [0.15, 0.2) is 59.0 Å². The van der Waals surface area contributed by atoms with Crippen molar-refractivity contribution in [1.82, 2.24) is 0 Å². The number of nitrogens with zero attached hydrogens (tertiary/aromatic N) is 1. The lowest BCUT2D eigenvalue weighted by Crippen LogP contribution is -2.24. The molecule has 1 aromatic heterocycles. The maximum absolute atomic E-state index is 12.5. The number of furan rings is 1. The Morgan fingerprint density at radius 2 is 1.69 bits per heavy atom. The van der Waals surface area contributed by atoms with Gasteiger partial charge < -0.3 is 9.15 Å². The van der Waals surface area contributed by atoms with Crippen molar-refractivity contribution in [3.63, 3.8) is 0 Å². The molecule has 1 atom stereocenters. The molecule has 0 N–H and O–H groups in total. The predicted molar refractivity (Wildman–Crippen MR) is 106 cm³/mol. The van der Waals surface area contributed by atoms with Crippen LogP contribution >= 0.6 is 0 Å². The molecule has 0 saturated heterocycles.